The molecule has 0 saturated heterocycles. The Bertz CT molecular complexity index is 1470. The maximum atomic E-state index is 14.2. The van der Waals surface area contributed by atoms with Gasteiger partial charge in [0, 0.05) is 30.1 Å². The van der Waals surface area contributed by atoms with Crippen LogP contribution < -0.4 is 19.1 Å². The van der Waals surface area contributed by atoms with E-state index in [-0.39, 0.29) is 43.1 Å². The minimum absolute atomic E-state index is 0.0270. The van der Waals surface area contributed by atoms with E-state index >= 15 is 0 Å². The van der Waals surface area contributed by atoms with Crippen molar-refractivity contribution in [2.24, 2.45) is 0 Å². The van der Waals surface area contributed by atoms with Crippen LogP contribution >= 0.6 is 11.6 Å². The first kappa shape index (κ1) is 30.2. The van der Waals surface area contributed by atoms with Crippen molar-refractivity contribution in [3.8, 4) is 11.5 Å². The molecular weight excluding hydrogens is 566 g/mol. The third-order valence-corrected chi connectivity index (χ3v) is 8.58. The second kappa shape index (κ2) is 13.3. The number of benzene rings is 3. The SMILES string of the molecule is CCS(=O)(=O)N(CC(=O)N(Cc1ccc(Cl)cc1)C(Cc1ccccc1)C(=O)NC(C)C)c1ccc2c(c1)OCO2. The van der Waals surface area contributed by atoms with Crippen molar-refractivity contribution in [3.05, 3.63) is 88.9 Å². The number of hydrogen-bond acceptors (Lipinski definition) is 6. The van der Waals surface area contributed by atoms with E-state index in [0.29, 0.717) is 16.5 Å². The fourth-order valence-corrected chi connectivity index (χ4v) is 5.66. The smallest absolute Gasteiger partial charge is 0.244 e. The molecular formula is C30H34ClN3O6S. The van der Waals surface area contributed by atoms with Gasteiger partial charge in [-0.1, -0.05) is 54.1 Å². The van der Waals surface area contributed by atoms with Crippen molar-refractivity contribution in [1.29, 1.82) is 0 Å². The van der Waals surface area contributed by atoms with Gasteiger partial charge in [0.15, 0.2) is 11.5 Å². The summed E-state index contributed by atoms with van der Waals surface area (Å²) in [6.45, 7) is 4.79. The van der Waals surface area contributed by atoms with Gasteiger partial charge in [-0.25, -0.2) is 8.42 Å². The summed E-state index contributed by atoms with van der Waals surface area (Å²) in [6.07, 6.45) is 0.239. The Balaban J connectivity index is 1.74. The van der Waals surface area contributed by atoms with Gasteiger partial charge in [-0.15, -0.1) is 0 Å². The molecule has 0 aromatic heterocycles. The summed E-state index contributed by atoms with van der Waals surface area (Å²) in [4.78, 5) is 29.2. The maximum absolute atomic E-state index is 14.2. The number of rotatable bonds is 12. The van der Waals surface area contributed by atoms with Gasteiger partial charge in [0.05, 0.1) is 11.4 Å². The Labute approximate surface area is 246 Å². The Morgan fingerprint density at radius 2 is 1.63 bits per heavy atom. The van der Waals surface area contributed by atoms with Gasteiger partial charge in [-0.05, 0) is 56.2 Å². The number of nitrogens with zero attached hydrogens (tertiary/aromatic N) is 2. The molecule has 0 fully saturated rings. The standard InChI is InChI=1S/C30H34ClN3O6S/c1-4-41(37,38)34(25-14-15-27-28(17-25)40-20-39-27)19-29(35)33(18-23-10-12-24(31)13-11-23)26(30(36)32-21(2)3)16-22-8-6-5-7-9-22/h5-15,17,21,26H,4,16,18-20H2,1-3H3,(H,32,36). The number of amides is 2. The Kier molecular flexibility index (Phi) is 9.77. The van der Waals surface area contributed by atoms with Crippen LogP contribution in [0.3, 0.4) is 0 Å². The molecule has 1 aliphatic heterocycles. The number of hydrogen-bond donors (Lipinski definition) is 1. The van der Waals surface area contributed by atoms with Crippen molar-refractivity contribution in [3.63, 3.8) is 0 Å². The maximum Gasteiger partial charge on any atom is 0.244 e. The van der Waals surface area contributed by atoms with Crippen molar-refractivity contribution in [2.75, 3.05) is 23.4 Å². The molecule has 41 heavy (non-hydrogen) atoms. The molecule has 0 saturated carbocycles. The van der Waals surface area contributed by atoms with Gasteiger partial charge in [-0.3, -0.25) is 13.9 Å². The third-order valence-electron chi connectivity index (χ3n) is 6.59. The molecule has 1 aliphatic rings. The number of ether oxygens (including phenoxy) is 2. The van der Waals surface area contributed by atoms with Crippen LogP contribution in [-0.2, 0) is 32.6 Å². The fraction of sp³-hybridized carbons (Fsp3) is 0.333. The molecule has 0 aliphatic carbocycles. The van der Waals surface area contributed by atoms with Crippen molar-refractivity contribution in [2.45, 2.75) is 45.8 Å². The van der Waals surface area contributed by atoms with Crippen LogP contribution in [0.4, 0.5) is 5.69 Å². The van der Waals surface area contributed by atoms with E-state index in [1.54, 1.807) is 42.5 Å². The molecule has 1 N–H and O–H groups in total. The number of anilines is 1. The molecule has 1 unspecified atom stereocenters. The highest BCUT2D eigenvalue weighted by Crippen LogP contribution is 2.36. The summed E-state index contributed by atoms with van der Waals surface area (Å²) in [5.74, 6) is -0.213. The lowest BCUT2D eigenvalue weighted by atomic mass is 10.0. The number of carbonyl (C=O) groups excluding carboxylic acids is 2. The largest absolute Gasteiger partial charge is 0.454 e. The number of carbonyl (C=O) groups is 2. The van der Waals surface area contributed by atoms with Gasteiger partial charge in [-0.2, -0.15) is 0 Å². The molecule has 218 valence electrons. The highest BCUT2D eigenvalue weighted by Gasteiger charge is 2.34. The molecule has 1 atom stereocenters. The molecule has 0 spiro atoms. The molecule has 3 aromatic rings. The zero-order chi connectivity index (χ0) is 29.6. The van der Waals surface area contributed by atoms with E-state index < -0.39 is 28.5 Å². The summed E-state index contributed by atoms with van der Waals surface area (Å²) in [5.41, 5.74) is 1.87. The quantitative estimate of drug-likeness (QED) is 0.331. The number of fused-ring (bicyclic) bond motifs is 1. The van der Waals surface area contributed by atoms with Crippen LogP contribution in [0.25, 0.3) is 0 Å². The molecule has 2 amide bonds. The third kappa shape index (κ3) is 7.71. The summed E-state index contributed by atoms with van der Waals surface area (Å²) in [6, 6.07) is 20.0. The predicted molar refractivity (Wildman–Crippen MR) is 159 cm³/mol. The highest BCUT2D eigenvalue weighted by molar-refractivity contribution is 7.92. The molecule has 1 heterocycles. The van der Waals surface area contributed by atoms with Gasteiger partial charge in [0.25, 0.3) is 0 Å². The van der Waals surface area contributed by atoms with Crippen LogP contribution in [0, 0.1) is 0 Å². The first-order valence-corrected chi connectivity index (χ1v) is 15.3. The Hall–Kier alpha value is -3.76. The lowest BCUT2D eigenvalue weighted by molar-refractivity contribution is -0.140. The predicted octanol–water partition coefficient (Wildman–Crippen LogP) is 4.39. The molecule has 11 heteroatoms. The minimum Gasteiger partial charge on any atom is -0.454 e. The van der Waals surface area contributed by atoms with Crippen molar-refractivity contribution >= 4 is 39.1 Å². The van der Waals surface area contributed by atoms with Crippen LogP contribution in [0.1, 0.15) is 31.9 Å². The molecule has 9 nitrogen and oxygen atoms in total. The summed E-state index contributed by atoms with van der Waals surface area (Å²) >= 11 is 6.09. The van der Waals surface area contributed by atoms with Gasteiger partial charge < -0.3 is 19.7 Å². The molecule has 0 radical (unpaired) electrons. The normalized spacial score (nSPS) is 13.1. The molecule has 4 rings (SSSR count). The van der Waals surface area contributed by atoms with Crippen LogP contribution in [0.2, 0.25) is 5.02 Å². The van der Waals surface area contributed by atoms with Crippen LogP contribution in [0.15, 0.2) is 72.8 Å². The fourth-order valence-electron chi connectivity index (χ4n) is 4.48. The first-order chi connectivity index (χ1) is 19.6. The second-order valence-corrected chi connectivity index (χ2v) is 12.6. The van der Waals surface area contributed by atoms with Gasteiger partial charge >= 0.3 is 0 Å². The van der Waals surface area contributed by atoms with E-state index in [9.17, 15) is 18.0 Å². The number of nitrogens with one attached hydrogen (secondary N) is 1. The number of sulfonamides is 1. The number of halogens is 1. The van der Waals surface area contributed by atoms with E-state index in [1.807, 2.05) is 44.2 Å². The monoisotopic (exact) mass is 599 g/mol. The van der Waals surface area contributed by atoms with E-state index in [0.717, 1.165) is 15.4 Å². The zero-order valence-corrected chi connectivity index (χ0v) is 24.8. The Morgan fingerprint density at radius 3 is 2.29 bits per heavy atom. The summed E-state index contributed by atoms with van der Waals surface area (Å²) in [5, 5.41) is 3.47. The minimum atomic E-state index is -3.89. The lowest BCUT2D eigenvalue weighted by Gasteiger charge is -2.34. The van der Waals surface area contributed by atoms with E-state index in [4.69, 9.17) is 21.1 Å². The van der Waals surface area contributed by atoms with Crippen LogP contribution in [-0.4, -0.2) is 56.3 Å². The zero-order valence-electron chi connectivity index (χ0n) is 23.2. The van der Waals surface area contributed by atoms with Gasteiger partial charge in [0.2, 0.25) is 28.6 Å². The molecule has 3 aromatic carbocycles. The van der Waals surface area contributed by atoms with Crippen molar-refractivity contribution in [1.82, 2.24) is 10.2 Å². The highest BCUT2D eigenvalue weighted by atomic mass is 35.5. The van der Waals surface area contributed by atoms with E-state index in [1.165, 1.54) is 11.8 Å². The average Bonchev–Trinajstić information content (AvgIpc) is 3.42. The first-order valence-electron chi connectivity index (χ1n) is 13.4. The summed E-state index contributed by atoms with van der Waals surface area (Å²) in [7, 11) is -3.89. The second-order valence-electron chi connectivity index (χ2n) is 9.96. The molecule has 0 bridgehead atoms. The lowest BCUT2D eigenvalue weighted by Crippen LogP contribution is -2.54. The van der Waals surface area contributed by atoms with Gasteiger partial charge in [0.1, 0.15) is 12.6 Å². The topological polar surface area (TPSA) is 105 Å². The Morgan fingerprint density at radius 1 is 0.951 bits per heavy atom. The van der Waals surface area contributed by atoms with Crippen LogP contribution in [0.5, 0.6) is 11.5 Å². The summed E-state index contributed by atoms with van der Waals surface area (Å²) < 4.78 is 38.4. The van der Waals surface area contributed by atoms with Crippen molar-refractivity contribution < 1.29 is 27.5 Å². The average molecular weight is 600 g/mol. The van der Waals surface area contributed by atoms with E-state index in [2.05, 4.69) is 5.32 Å².